The summed E-state index contributed by atoms with van der Waals surface area (Å²) >= 11 is 0. The summed E-state index contributed by atoms with van der Waals surface area (Å²) in [5, 5.41) is 5.60. The fraction of sp³-hybridized carbons (Fsp3) is 0.947. The second-order valence-electron chi connectivity index (χ2n) is 8.93. The molecule has 24 heavy (non-hydrogen) atoms. The van der Waals surface area contributed by atoms with Gasteiger partial charge in [0.25, 0.3) is 5.91 Å². The maximum Gasteiger partial charge on any atom is 0.275 e. The highest BCUT2D eigenvalue weighted by Crippen LogP contribution is 2.61. The Hall–Kier alpha value is -0.650. The molecular weight excluding hydrogens is 302 g/mol. The first-order chi connectivity index (χ1) is 11.4. The molecule has 1 aliphatic heterocycles. The van der Waals surface area contributed by atoms with Gasteiger partial charge < -0.3 is 20.3 Å². The Kier molecular flexibility index (Phi) is 5.52. The first-order valence-electron chi connectivity index (χ1n) is 9.97. The van der Waals surface area contributed by atoms with E-state index in [9.17, 15) is 4.79 Å². The number of carbonyl (C=O) groups is 1. The van der Waals surface area contributed by atoms with E-state index in [2.05, 4.69) is 31.4 Å². The molecule has 0 unspecified atom stereocenters. The summed E-state index contributed by atoms with van der Waals surface area (Å²) in [6.45, 7) is 13.9. The fourth-order valence-corrected chi connectivity index (χ4v) is 5.35. The molecule has 4 N–H and O–H groups in total. The topological polar surface area (TPSA) is 59.4 Å². The zero-order chi connectivity index (χ0) is 17.2. The van der Waals surface area contributed by atoms with Crippen LogP contribution in [-0.4, -0.2) is 57.4 Å². The molecule has 0 spiro atoms. The molecule has 5 nitrogen and oxygen atoms in total. The van der Waals surface area contributed by atoms with Crippen molar-refractivity contribution in [1.29, 1.82) is 0 Å². The number of rotatable bonds is 7. The van der Waals surface area contributed by atoms with E-state index < -0.39 is 0 Å². The zero-order valence-electron chi connectivity index (χ0n) is 15.8. The van der Waals surface area contributed by atoms with Crippen LogP contribution in [-0.2, 0) is 9.53 Å². The third-order valence-electron chi connectivity index (χ3n) is 7.48. The highest BCUT2D eigenvalue weighted by atomic mass is 16.5. The Labute approximate surface area is 146 Å². The van der Waals surface area contributed by atoms with Crippen LogP contribution in [0.2, 0.25) is 0 Å². The van der Waals surface area contributed by atoms with Gasteiger partial charge in [0.15, 0.2) is 6.54 Å². The number of amides is 1. The van der Waals surface area contributed by atoms with Gasteiger partial charge in [-0.1, -0.05) is 13.8 Å². The molecule has 2 bridgehead atoms. The Morgan fingerprint density at radius 1 is 1.21 bits per heavy atom. The van der Waals surface area contributed by atoms with E-state index in [0.717, 1.165) is 38.8 Å². The van der Waals surface area contributed by atoms with E-state index in [4.69, 9.17) is 4.74 Å². The summed E-state index contributed by atoms with van der Waals surface area (Å²) in [6, 6.07) is 0. The van der Waals surface area contributed by atoms with E-state index in [1.165, 1.54) is 32.2 Å². The molecule has 0 aromatic rings. The van der Waals surface area contributed by atoms with Crippen LogP contribution >= 0.6 is 0 Å². The summed E-state index contributed by atoms with van der Waals surface area (Å²) in [6.07, 6.45) is 5.11. The second-order valence-corrected chi connectivity index (χ2v) is 8.93. The third kappa shape index (κ3) is 3.49. The van der Waals surface area contributed by atoms with Crippen LogP contribution in [0.15, 0.2) is 0 Å². The Morgan fingerprint density at radius 2 is 1.92 bits per heavy atom. The molecule has 0 aromatic heterocycles. The van der Waals surface area contributed by atoms with Crippen molar-refractivity contribution in [3.63, 3.8) is 0 Å². The Balaban J connectivity index is 1.35. The summed E-state index contributed by atoms with van der Waals surface area (Å²) in [7, 11) is 0. The van der Waals surface area contributed by atoms with Gasteiger partial charge in [-0.15, -0.1) is 0 Å². The monoisotopic (exact) mass is 339 g/mol. The normalized spacial score (nSPS) is 35.3. The van der Waals surface area contributed by atoms with Gasteiger partial charge in [0.05, 0.1) is 26.3 Å². The van der Waals surface area contributed by atoms with E-state index in [-0.39, 0.29) is 16.9 Å². The second kappa shape index (κ2) is 7.30. The summed E-state index contributed by atoms with van der Waals surface area (Å²) in [5.74, 6) is 1.68. The maximum absolute atomic E-state index is 12.5. The van der Waals surface area contributed by atoms with Gasteiger partial charge in [-0.05, 0) is 43.4 Å². The number of ether oxygens (including phenoxy) is 1. The molecule has 3 fully saturated rings. The third-order valence-corrected chi connectivity index (χ3v) is 7.48. The summed E-state index contributed by atoms with van der Waals surface area (Å²) < 4.78 is 5.39. The first-order valence-corrected chi connectivity index (χ1v) is 9.97. The molecule has 138 valence electrons. The number of fused-ring (bicyclic) bond motifs is 2. The zero-order valence-corrected chi connectivity index (χ0v) is 15.8. The lowest BCUT2D eigenvalue weighted by Gasteiger charge is -2.48. The fourth-order valence-electron chi connectivity index (χ4n) is 5.35. The molecule has 3 rings (SSSR count). The van der Waals surface area contributed by atoms with Crippen LogP contribution in [0, 0.1) is 17.3 Å². The molecule has 1 heterocycles. The standard InChI is InChI=1S/C19H35N3O2/c1-18(2)15-5-6-16(13-15)19(18,3)21-17(23)14-20-7-4-8-22-9-11-24-12-10-22/h15-16,20H,4-14H2,1-3H3,(H,21,23)/p+2/t15-,16-,19+/m0/s1. The number of hydrogen-bond acceptors (Lipinski definition) is 2. The number of hydrogen-bond donors (Lipinski definition) is 3. The minimum absolute atomic E-state index is 0.0151. The van der Waals surface area contributed by atoms with E-state index in [0.29, 0.717) is 12.5 Å². The lowest BCUT2D eigenvalue weighted by atomic mass is 9.64. The van der Waals surface area contributed by atoms with Crippen LogP contribution in [0.1, 0.15) is 46.5 Å². The molecule has 2 aliphatic carbocycles. The molecule has 1 saturated heterocycles. The lowest BCUT2D eigenvalue weighted by molar-refractivity contribution is -0.909. The van der Waals surface area contributed by atoms with Crippen LogP contribution in [0.4, 0.5) is 0 Å². The van der Waals surface area contributed by atoms with Crippen LogP contribution < -0.4 is 15.5 Å². The lowest BCUT2D eigenvalue weighted by Crippen LogP contribution is -3.14. The van der Waals surface area contributed by atoms with Crippen molar-refractivity contribution in [1.82, 2.24) is 5.32 Å². The van der Waals surface area contributed by atoms with E-state index in [1.54, 1.807) is 4.90 Å². The highest BCUT2D eigenvalue weighted by Gasteiger charge is 2.60. The number of nitrogens with one attached hydrogen (secondary N) is 2. The first kappa shape index (κ1) is 18.2. The molecule has 0 radical (unpaired) electrons. The average Bonchev–Trinajstić information content (AvgIpc) is 3.11. The average molecular weight is 340 g/mol. The molecular formula is C19H37N3O2+2. The predicted octanol–water partition coefficient (Wildman–Crippen LogP) is -0.814. The molecule has 0 aromatic carbocycles. The van der Waals surface area contributed by atoms with Gasteiger partial charge in [-0.2, -0.15) is 0 Å². The van der Waals surface area contributed by atoms with Crippen molar-refractivity contribution in [2.75, 3.05) is 45.9 Å². The van der Waals surface area contributed by atoms with Gasteiger partial charge in [0.2, 0.25) is 0 Å². The summed E-state index contributed by atoms with van der Waals surface area (Å²) in [4.78, 5) is 14.1. The number of carbonyl (C=O) groups excluding carboxylic acids is 1. The van der Waals surface area contributed by atoms with Crippen molar-refractivity contribution in [3.8, 4) is 0 Å². The van der Waals surface area contributed by atoms with Gasteiger partial charge >= 0.3 is 0 Å². The number of quaternary nitrogens is 2. The smallest absolute Gasteiger partial charge is 0.275 e. The quantitative estimate of drug-likeness (QED) is 0.531. The maximum atomic E-state index is 12.5. The van der Waals surface area contributed by atoms with Crippen LogP contribution in [0.3, 0.4) is 0 Å². The number of nitrogens with two attached hydrogens (primary N) is 1. The largest absolute Gasteiger partial charge is 0.370 e. The highest BCUT2D eigenvalue weighted by molar-refractivity contribution is 5.77. The van der Waals surface area contributed by atoms with Crippen LogP contribution in [0.25, 0.3) is 0 Å². The Morgan fingerprint density at radius 3 is 2.58 bits per heavy atom. The molecule has 3 aliphatic rings. The van der Waals surface area contributed by atoms with Gasteiger partial charge in [-0.3, -0.25) is 4.79 Å². The number of morpholine rings is 1. The molecule has 3 atom stereocenters. The van der Waals surface area contributed by atoms with E-state index >= 15 is 0 Å². The van der Waals surface area contributed by atoms with Crippen LogP contribution in [0.5, 0.6) is 0 Å². The SMILES string of the molecule is CC1(C)[C@H]2CC[C@@H](C2)[C@@]1(C)NC(=O)C[NH2+]CCC[NH+]1CCOCC1. The van der Waals surface area contributed by atoms with Gasteiger partial charge in [0.1, 0.15) is 13.1 Å². The predicted molar refractivity (Wildman–Crippen MR) is 93.8 cm³/mol. The van der Waals surface area contributed by atoms with Crippen molar-refractivity contribution in [2.24, 2.45) is 17.3 Å². The van der Waals surface area contributed by atoms with Crippen molar-refractivity contribution in [2.45, 2.75) is 52.0 Å². The van der Waals surface area contributed by atoms with Gasteiger partial charge in [-0.25, -0.2) is 0 Å². The van der Waals surface area contributed by atoms with E-state index in [1.807, 2.05) is 0 Å². The van der Waals surface area contributed by atoms with Crippen molar-refractivity contribution < 1.29 is 19.7 Å². The summed E-state index contributed by atoms with van der Waals surface area (Å²) in [5.41, 5.74) is 0.212. The van der Waals surface area contributed by atoms with Gasteiger partial charge in [0, 0.05) is 12.0 Å². The molecule has 5 heteroatoms. The minimum atomic E-state index is -0.0151. The molecule has 1 amide bonds. The van der Waals surface area contributed by atoms with Crippen molar-refractivity contribution >= 4 is 5.91 Å². The molecule has 2 saturated carbocycles. The minimum Gasteiger partial charge on any atom is -0.370 e. The Bertz CT molecular complexity index is 448. The van der Waals surface area contributed by atoms with Crippen molar-refractivity contribution in [3.05, 3.63) is 0 Å².